The molecule has 1 aromatic carbocycles. The summed E-state index contributed by atoms with van der Waals surface area (Å²) in [6.45, 7) is 7.01. The molecule has 1 aliphatic heterocycles. The van der Waals surface area contributed by atoms with Crippen molar-refractivity contribution in [2.45, 2.75) is 52.0 Å². The summed E-state index contributed by atoms with van der Waals surface area (Å²) < 4.78 is 6.08. The molecule has 0 unspecified atom stereocenters. The summed E-state index contributed by atoms with van der Waals surface area (Å²) in [4.78, 5) is 40.9. The molecule has 3 rings (SSSR count). The van der Waals surface area contributed by atoms with Crippen LogP contribution in [-0.2, 0) is 14.3 Å². The van der Waals surface area contributed by atoms with E-state index in [2.05, 4.69) is 26.6 Å². The molecular formula is C24H30BrN3O4S. The van der Waals surface area contributed by atoms with Crippen molar-refractivity contribution >= 4 is 56.4 Å². The van der Waals surface area contributed by atoms with Gasteiger partial charge in [-0.3, -0.25) is 14.4 Å². The first-order chi connectivity index (χ1) is 15.8. The van der Waals surface area contributed by atoms with E-state index in [1.165, 1.54) is 11.3 Å². The Morgan fingerprint density at radius 1 is 1.18 bits per heavy atom. The van der Waals surface area contributed by atoms with Crippen LogP contribution >= 0.6 is 27.3 Å². The van der Waals surface area contributed by atoms with E-state index in [1.54, 1.807) is 17.0 Å². The maximum Gasteiger partial charge on any atom is 0.262 e. The fourth-order valence-electron chi connectivity index (χ4n) is 4.16. The first-order valence-corrected chi connectivity index (χ1v) is 12.8. The molecule has 1 saturated heterocycles. The zero-order valence-corrected chi connectivity index (χ0v) is 21.6. The molecule has 33 heavy (non-hydrogen) atoms. The second-order valence-corrected chi connectivity index (χ2v) is 10.7. The van der Waals surface area contributed by atoms with E-state index in [1.807, 2.05) is 39.0 Å². The van der Waals surface area contributed by atoms with Crippen LogP contribution in [0.5, 0.6) is 0 Å². The highest BCUT2D eigenvalue weighted by molar-refractivity contribution is 9.11. The molecule has 7 nitrogen and oxygen atoms in total. The largest absolute Gasteiger partial charge is 0.370 e. The van der Waals surface area contributed by atoms with E-state index in [0.717, 1.165) is 27.9 Å². The zero-order chi connectivity index (χ0) is 24.0. The fourth-order valence-corrected chi connectivity index (χ4v) is 5.44. The van der Waals surface area contributed by atoms with Crippen molar-refractivity contribution in [2.75, 3.05) is 30.0 Å². The second kappa shape index (κ2) is 11.3. The van der Waals surface area contributed by atoms with Crippen LogP contribution in [0.1, 0.15) is 54.8 Å². The summed E-state index contributed by atoms with van der Waals surface area (Å²) in [6, 6.07) is 9.07. The Labute approximate surface area is 207 Å². The minimum absolute atomic E-state index is 0.0750. The Hall–Kier alpha value is -2.23. The van der Waals surface area contributed by atoms with Gasteiger partial charge in [0.2, 0.25) is 5.91 Å². The van der Waals surface area contributed by atoms with E-state index in [4.69, 9.17) is 4.74 Å². The number of carbonyl (C=O) groups excluding carboxylic acids is 3. The van der Waals surface area contributed by atoms with Gasteiger partial charge in [0.1, 0.15) is 12.1 Å². The third-order valence-electron chi connectivity index (χ3n) is 5.67. The minimum atomic E-state index is -1.01. The smallest absolute Gasteiger partial charge is 0.262 e. The van der Waals surface area contributed by atoms with Crippen molar-refractivity contribution in [1.82, 2.24) is 5.32 Å². The third kappa shape index (κ3) is 6.02. The van der Waals surface area contributed by atoms with Crippen LogP contribution in [0.3, 0.4) is 0 Å². The molecular weight excluding hydrogens is 506 g/mol. The van der Waals surface area contributed by atoms with Gasteiger partial charge in [0.25, 0.3) is 11.8 Å². The molecule has 0 aliphatic carbocycles. The predicted molar refractivity (Wildman–Crippen MR) is 135 cm³/mol. The lowest BCUT2D eigenvalue weighted by Gasteiger charge is -2.33. The average Bonchev–Trinajstić information content (AvgIpc) is 3.21. The van der Waals surface area contributed by atoms with Crippen LogP contribution in [0.2, 0.25) is 0 Å². The Bertz CT molecular complexity index is 1020. The van der Waals surface area contributed by atoms with E-state index in [0.29, 0.717) is 36.6 Å². The molecule has 0 spiro atoms. The number of hydrogen-bond acceptors (Lipinski definition) is 5. The number of nitrogens with one attached hydrogen (secondary N) is 2. The second-order valence-electron chi connectivity index (χ2n) is 8.19. The van der Waals surface area contributed by atoms with Crippen LogP contribution < -0.4 is 15.5 Å². The Kier molecular flexibility index (Phi) is 8.67. The summed E-state index contributed by atoms with van der Waals surface area (Å²) in [5, 5.41) is 6.05. The van der Waals surface area contributed by atoms with Gasteiger partial charge in [-0.2, -0.15) is 0 Å². The number of carbonyl (C=O) groups is 3. The fraction of sp³-hybridized carbons (Fsp3) is 0.458. The lowest BCUT2D eigenvalue weighted by Crippen LogP contribution is -2.56. The number of amides is 3. The summed E-state index contributed by atoms with van der Waals surface area (Å²) in [5.41, 5.74) is 1.31. The molecule has 0 saturated carbocycles. The SMILES string of the molecule is CCCC(CCC)(NC(=O)c1ccc(Br)s1)C(=O)Nc1ccc(N2CCOCC2=O)c(C)c1. The summed E-state index contributed by atoms with van der Waals surface area (Å²) in [6.07, 6.45) is 2.56. The predicted octanol–water partition coefficient (Wildman–Crippen LogP) is 4.89. The van der Waals surface area contributed by atoms with Crippen molar-refractivity contribution in [3.63, 3.8) is 0 Å². The van der Waals surface area contributed by atoms with E-state index in [9.17, 15) is 14.4 Å². The minimum Gasteiger partial charge on any atom is -0.370 e. The van der Waals surface area contributed by atoms with Gasteiger partial charge in [0, 0.05) is 17.9 Å². The van der Waals surface area contributed by atoms with Gasteiger partial charge in [-0.15, -0.1) is 11.3 Å². The first-order valence-electron chi connectivity index (χ1n) is 11.2. The molecule has 2 heterocycles. The van der Waals surface area contributed by atoms with Crippen molar-refractivity contribution in [3.8, 4) is 0 Å². The van der Waals surface area contributed by atoms with Gasteiger partial charge in [0.15, 0.2) is 0 Å². The highest BCUT2D eigenvalue weighted by Gasteiger charge is 2.39. The number of anilines is 2. The maximum atomic E-state index is 13.5. The number of hydrogen-bond donors (Lipinski definition) is 2. The van der Waals surface area contributed by atoms with Crippen LogP contribution in [0.25, 0.3) is 0 Å². The van der Waals surface area contributed by atoms with Gasteiger partial charge >= 0.3 is 0 Å². The van der Waals surface area contributed by atoms with E-state index >= 15 is 0 Å². The molecule has 0 radical (unpaired) electrons. The molecule has 2 N–H and O–H groups in total. The highest BCUT2D eigenvalue weighted by Crippen LogP contribution is 2.28. The van der Waals surface area contributed by atoms with Gasteiger partial charge in [-0.05, 0) is 71.6 Å². The van der Waals surface area contributed by atoms with E-state index < -0.39 is 5.54 Å². The van der Waals surface area contributed by atoms with Crippen molar-refractivity contribution in [3.05, 3.63) is 44.6 Å². The van der Waals surface area contributed by atoms with Gasteiger partial charge in [0.05, 0.1) is 15.3 Å². The summed E-state index contributed by atoms with van der Waals surface area (Å²) in [5.74, 6) is -0.557. The number of benzene rings is 1. The number of thiophene rings is 1. The van der Waals surface area contributed by atoms with Crippen molar-refractivity contribution in [1.29, 1.82) is 0 Å². The van der Waals surface area contributed by atoms with Gasteiger partial charge in [-0.1, -0.05) is 26.7 Å². The molecule has 0 atom stereocenters. The Morgan fingerprint density at radius 2 is 1.91 bits per heavy atom. The molecule has 9 heteroatoms. The Morgan fingerprint density at radius 3 is 2.48 bits per heavy atom. The Balaban J connectivity index is 1.81. The average molecular weight is 536 g/mol. The maximum absolute atomic E-state index is 13.5. The van der Waals surface area contributed by atoms with Crippen LogP contribution in [0.15, 0.2) is 34.1 Å². The normalized spacial score (nSPS) is 14.3. The van der Waals surface area contributed by atoms with Crippen molar-refractivity contribution < 1.29 is 19.1 Å². The van der Waals surface area contributed by atoms with Crippen LogP contribution in [0.4, 0.5) is 11.4 Å². The van der Waals surface area contributed by atoms with Gasteiger partial charge in [-0.25, -0.2) is 0 Å². The number of ether oxygens (including phenoxy) is 1. The monoisotopic (exact) mass is 535 g/mol. The number of morpholine rings is 1. The third-order valence-corrected chi connectivity index (χ3v) is 7.29. The molecule has 0 bridgehead atoms. The van der Waals surface area contributed by atoms with Crippen molar-refractivity contribution in [2.24, 2.45) is 0 Å². The summed E-state index contributed by atoms with van der Waals surface area (Å²) >= 11 is 4.72. The molecule has 1 fully saturated rings. The number of halogens is 1. The molecule has 1 aromatic heterocycles. The molecule has 3 amide bonds. The first kappa shape index (κ1) is 25.4. The van der Waals surface area contributed by atoms with E-state index in [-0.39, 0.29) is 24.3 Å². The number of aryl methyl sites for hydroxylation is 1. The van der Waals surface area contributed by atoms with Crippen LogP contribution in [-0.4, -0.2) is 43.0 Å². The lowest BCUT2D eigenvalue weighted by molar-refractivity contribution is -0.125. The highest BCUT2D eigenvalue weighted by atomic mass is 79.9. The summed E-state index contributed by atoms with van der Waals surface area (Å²) in [7, 11) is 0. The quantitative estimate of drug-likeness (QED) is 0.478. The lowest BCUT2D eigenvalue weighted by atomic mass is 9.87. The number of nitrogens with zero attached hydrogens (tertiary/aromatic N) is 1. The van der Waals surface area contributed by atoms with Gasteiger partial charge < -0.3 is 20.3 Å². The molecule has 178 valence electrons. The standard InChI is InChI=1S/C24H30BrN3O4S/c1-4-10-24(11-5-2,27-22(30)19-8-9-20(25)33-19)23(31)26-17-6-7-18(16(3)14-17)28-12-13-32-15-21(28)29/h6-9,14H,4-5,10-13,15H2,1-3H3,(H,26,31)(H,27,30). The van der Waals surface area contributed by atoms with Crippen LogP contribution in [0, 0.1) is 6.92 Å². The number of rotatable bonds is 9. The molecule has 1 aliphatic rings. The zero-order valence-electron chi connectivity index (χ0n) is 19.2. The topological polar surface area (TPSA) is 87.7 Å². The molecule has 2 aromatic rings.